The van der Waals surface area contributed by atoms with Gasteiger partial charge in [0.15, 0.2) is 17.6 Å². The first-order valence-electron chi connectivity index (χ1n) is 9.53. The van der Waals surface area contributed by atoms with E-state index in [1.807, 2.05) is 18.2 Å². The first kappa shape index (κ1) is 21.0. The van der Waals surface area contributed by atoms with Crippen LogP contribution in [0.4, 0.5) is 0 Å². The third-order valence-corrected chi connectivity index (χ3v) is 5.16. The molecule has 1 saturated heterocycles. The van der Waals surface area contributed by atoms with E-state index in [1.54, 1.807) is 30.0 Å². The molecule has 1 atom stereocenters. The Labute approximate surface area is 175 Å². The average Bonchev–Trinajstić information content (AvgIpc) is 3.27. The molecule has 2 aromatic rings. The molecule has 2 aromatic carbocycles. The van der Waals surface area contributed by atoms with E-state index in [1.165, 1.54) is 13.2 Å². The molecule has 0 bridgehead atoms. The minimum atomic E-state index is -0.831. The number of benzene rings is 2. The zero-order valence-corrected chi connectivity index (χ0v) is 17.3. The van der Waals surface area contributed by atoms with Crippen molar-refractivity contribution in [2.45, 2.75) is 32.5 Å². The molecular formula is C22H24ClNO5. The maximum atomic E-state index is 12.5. The monoisotopic (exact) mass is 417 g/mol. The van der Waals surface area contributed by atoms with Crippen LogP contribution in [-0.4, -0.2) is 43.1 Å². The Hall–Kier alpha value is -2.73. The van der Waals surface area contributed by atoms with E-state index in [0.717, 1.165) is 18.4 Å². The van der Waals surface area contributed by atoms with Crippen molar-refractivity contribution >= 4 is 23.5 Å². The van der Waals surface area contributed by atoms with Crippen LogP contribution in [0.3, 0.4) is 0 Å². The van der Waals surface area contributed by atoms with E-state index in [-0.39, 0.29) is 18.1 Å². The van der Waals surface area contributed by atoms with Crippen molar-refractivity contribution in [2.24, 2.45) is 0 Å². The maximum Gasteiger partial charge on any atom is 0.339 e. The first-order valence-corrected chi connectivity index (χ1v) is 9.91. The van der Waals surface area contributed by atoms with Crippen LogP contribution in [0.2, 0.25) is 5.02 Å². The molecule has 1 aliphatic rings. The Bertz CT molecular complexity index is 879. The molecule has 0 N–H and O–H groups in total. The molecule has 7 heteroatoms. The summed E-state index contributed by atoms with van der Waals surface area (Å²) in [6.07, 6.45) is 1.14. The summed E-state index contributed by atoms with van der Waals surface area (Å²) in [5.74, 6) is 0.124. The van der Waals surface area contributed by atoms with Crippen molar-refractivity contribution in [1.82, 2.24) is 4.90 Å². The van der Waals surface area contributed by atoms with Gasteiger partial charge < -0.3 is 19.1 Å². The van der Waals surface area contributed by atoms with E-state index in [0.29, 0.717) is 29.6 Å². The first-order chi connectivity index (χ1) is 14.0. The second-order valence-corrected chi connectivity index (χ2v) is 7.23. The zero-order valence-electron chi connectivity index (χ0n) is 16.5. The van der Waals surface area contributed by atoms with Crippen molar-refractivity contribution in [3.8, 4) is 11.5 Å². The van der Waals surface area contributed by atoms with Gasteiger partial charge in [0, 0.05) is 23.7 Å². The lowest BCUT2D eigenvalue weighted by Gasteiger charge is -2.20. The van der Waals surface area contributed by atoms with Gasteiger partial charge in [0.1, 0.15) is 6.61 Å². The highest BCUT2D eigenvalue weighted by atomic mass is 35.5. The summed E-state index contributed by atoms with van der Waals surface area (Å²) in [4.78, 5) is 26.5. The van der Waals surface area contributed by atoms with Gasteiger partial charge in [0.05, 0.1) is 12.7 Å². The summed E-state index contributed by atoms with van der Waals surface area (Å²) >= 11 is 6.15. The van der Waals surface area contributed by atoms with Crippen LogP contribution >= 0.6 is 11.6 Å². The number of esters is 1. The number of ether oxygens (including phenoxy) is 3. The van der Waals surface area contributed by atoms with Crippen molar-refractivity contribution in [2.75, 3.05) is 20.2 Å². The fraction of sp³-hybridized carbons (Fsp3) is 0.364. The highest BCUT2D eigenvalue weighted by molar-refractivity contribution is 6.31. The number of hydrogen-bond acceptors (Lipinski definition) is 5. The molecule has 0 unspecified atom stereocenters. The van der Waals surface area contributed by atoms with Gasteiger partial charge in [-0.1, -0.05) is 29.8 Å². The van der Waals surface area contributed by atoms with Crippen LogP contribution in [0.15, 0.2) is 42.5 Å². The fourth-order valence-electron chi connectivity index (χ4n) is 3.16. The van der Waals surface area contributed by atoms with E-state index < -0.39 is 12.1 Å². The third-order valence-electron chi connectivity index (χ3n) is 4.79. The van der Waals surface area contributed by atoms with E-state index in [2.05, 4.69) is 0 Å². The predicted octanol–water partition coefficient (Wildman–Crippen LogP) is 4.10. The van der Waals surface area contributed by atoms with Crippen molar-refractivity contribution in [1.29, 1.82) is 0 Å². The quantitative estimate of drug-likeness (QED) is 0.635. The Morgan fingerprint density at radius 3 is 2.52 bits per heavy atom. The van der Waals surface area contributed by atoms with Crippen LogP contribution in [0.25, 0.3) is 0 Å². The maximum absolute atomic E-state index is 12.5. The van der Waals surface area contributed by atoms with Gasteiger partial charge >= 0.3 is 5.97 Å². The third kappa shape index (κ3) is 5.21. The summed E-state index contributed by atoms with van der Waals surface area (Å²) in [6.45, 7) is 3.29. The summed E-state index contributed by atoms with van der Waals surface area (Å²) in [7, 11) is 1.49. The van der Waals surface area contributed by atoms with Gasteiger partial charge in [-0.15, -0.1) is 0 Å². The Kier molecular flexibility index (Phi) is 6.99. The molecule has 154 valence electrons. The second-order valence-electron chi connectivity index (χ2n) is 6.83. The van der Waals surface area contributed by atoms with Gasteiger partial charge in [-0.2, -0.15) is 0 Å². The van der Waals surface area contributed by atoms with Crippen molar-refractivity contribution in [3.63, 3.8) is 0 Å². The van der Waals surface area contributed by atoms with Gasteiger partial charge in [0.25, 0.3) is 5.91 Å². The van der Waals surface area contributed by atoms with Crippen molar-refractivity contribution in [3.05, 3.63) is 58.6 Å². The summed E-state index contributed by atoms with van der Waals surface area (Å²) in [6, 6.07) is 12.2. The summed E-state index contributed by atoms with van der Waals surface area (Å²) in [5.41, 5.74) is 1.13. The van der Waals surface area contributed by atoms with Gasteiger partial charge in [-0.05, 0) is 44.0 Å². The molecule has 1 amide bonds. The molecule has 0 aliphatic carbocycles. The minimum Gasteiger partial charge on any atom is -0.493 e. The highest BCUT2D eigenvalue weighted by Gasteiger charge is 2.26. The SMILES string of the molecule is COc1cc(C(=O)O[C@H](C)C(=O)N2CCCC2)ccc1OCc1ccccc1Cl. The van der Waals surface area contributed by atoms with Gasteiger partial charge in [-0.3, -0.25) is 4.79 Å². The lowest BCUT2D eigenvalue weighted by molar-refractivity contribution is -0.138. The number of halogens is 1. The molecule has 0 radical (unpaired) electrons. The van der Waals surface area contributed by atoms with Crippen LogP contribution < -0.4 is 9.47 Å². The molecule has 1 heterocycles. The zero-order chi connectivity index (χ0) is 20.8. The number of carbonyl (C=O) groups is 2. The number of carbonyl (C=O) groups excluding carboxylic acids is 2. The Morgan fingerprint density at radius 1 is 1.10 bits per heavy atom. The van der Waals surface area contributed by atoms with E-state index in [9.17, 15) is 9.59 Å². The largest absolute Gasteiger partial charge is 0.493 e. The number of nitrogens with zero attached hydrogens (tertiary/aromatic N) is 1. The fourth-order valence-corrected chi connectivity index (χ4v) is 3.35. The smallest absolute Gasteiger partial charge is 0.339 e. The molecule has 0 spiro atoms. The lowest BCUT2D eigenvalue weighted by atomic mass is 10.2. The summed E-state index contributed by atoms with van der Waals surface area (Å²) < 4.78 is 16.5. The number of amides is 1. The van der Waals surface area contributed by atoms with Crippen molar-refractivity contribution < 1.29 is 23.8 Å². The predicted molar refractivity (Wildman–Crippen MR) is 109 cm³/mol. The molecule has 1 fully saturated rings. The number of rotatable bonds is 7. The van der Waals surface area contributed by atoms with Gasteiger partial charge in [0.2, 0.25) is 0 Å². The normalized spacial score (nSPS) is 14.4. The molecule has 0 saturated carbocycles. The highest BCUT2D eigenvalue weighted by Crippen LogP contribution is 2.30. The Morgan fingerprint density at radius 2 is 1.83 bits per heavy atom. The number of methoxy groups -OCH3 is 1. The molecular weight excluding hydrogens is 394 g/mol. The van der Waals surface area contributed by atoms with Crippen LogP contribution in [-0.2, 0) is 16.1 Å². The molecule has 3 rings (SSSR count). The molecule has 6 nitrogen and oxygen atoms in total. The topological polar surface area (TPSA) is 65.1 Å². The van der Waals surface area contributed by atoms with Gasteiger partial charge in [-0.25, -0.2) is 4.79 Å². The second kappa shape index (κ2) is 9.65. The molecule has 1 aliphatic heterocycles. The lowest BCUT2D eigenvalue weighted by Crippen LogP contribution is -2.38. The molecule has 0 aromatic heterocycles. The van der Waals surface area contributed by atoms with E-state index in [4.69, 9.17) is 25.8 Å². The Balaban J connectivity index is 1.65. The average molecular weight is 418 g/mol. The van der Waals surface area contributed by atoms with Crippen LogP contribution in [0.5, 0.6) is 11.5 Å². The molecule has 29 heavy (non-hydrogen) atoms. The minimum absolute atomic E-state index is 0.164. The van der Waals surface area contributed by atoms with E-state index >= 15 is 0 Å². The van der Waals surface area contributed by atoms with Crippen LogP contribution in [0.1, 0.15) is 35.7 Å². The standard InChI is InChI=1S/C22H24ClNO5/c1-15(21(25)24-11-5-6-12-24)29-22(26)16-9-10-19(20(13-16)27-2)28-14-17-7-3-4-8-18(17)23/h3-4,7-10,13,15H,5-6,11-12,14H2,1-2H3/t15-/m1/s1. The number of likely N-dealkylation sites (tertiary alicyclic amines) is 1. The summed E-state index contributed by atoms with van der Waals surface area (Å²) in [5, 5.41) is 0.614. The van der Waals surface area contributed by atoms with Crippen LogP contribution in [0, 0.1) is 0 Å². The number of hydrogen-bond donors (Lipinski definition) is 0.